The van der Waals surface area contributed by atoms with Crippen LogP contribution < -0.4 is 11.5 Å². The van der Waals surface area contributed by atoms with Gasteiger partial charge < -0.3 is 15.9 Å². The third-order valence-corrected chi connectivity index (χ3v) is 3.21. The fourth-order valence-corrected chi connectivity index (χ4v) is 2.12. The molecule has 0 aliphatic heterocycles. The van der Waals surface area contributed by atoms with Gasteiger partial charge in [0.15, 0.2) is 0 Å². The lowest BCUT2D eigenvalue weighted by atomic mass is 9.78. The van der Waals surface area contributed by atoms with Crippen LogP contribution in [0.5, 0.6) is 0 Å². The molecule has 3 heteroatoms. The number of hydrogen-bond acceptors (Lipinski definition) is 3. The van der Waals surface area contributed by atoms with E-state index in [9.17, 15) is 0 Å². The van der Waals surface area contributed by atoms with Crippen molar-refractivity contribution in [3.8, 4) is 0 Å². The van der Waals surface area contributed by atoms with E-state index in [4.69, 9.17) is 15.9 Å². The highest BCUT2D eigenvalue weighted by molar-refractivity contribution is 5.51. The molecule has 0 radical (unpaired) electrons. The van der Waals surface area contributed by atoms with Crippen molar-refractivity contribution in [2.75, 3.05) is 12.3 Å². The second kappa shape index (κ2) is 4.63. The summed E-state index contributed by atoms with van der Waals surface area (Å²) in [7, 11) is 0. The summed E-state index contributed by atoms with van der Waals surface area (Å²) in [6.07, 6.45) is 2.44. The van der Waals surface area contributed by atoms with Crippen LogP contribution in [0, 0.1) is 0 Å². The number of para-hydroxylation sites is 1. The van der Waals surface area contributed by atoms with Crippen LogP contribution in [0.4, 0.5) is 5.69 Å². The largest absolute Gasteiger partial charge is 0.469 e. The van der Waals surface area contributed by atoms with E-state index in [2.05, 4.69) is 6.92 Å². The highest BCUT2D eigenvalue weighted by Crippen LogP contribution is 2.31. The minimum atomic E-state index is -0.191. The lowest BCUT2D eigenvalue weighted by Gasteiger charge is -2.29. The fraction of sp³-hybridized carbons (Fsp3) is 0.286. The molecule has 1 unspecified atom stereocenters. The Morgan fingerprint density at radius 2 is 1.94 bits per heavy atom. The Morgan fingerprint density at radius 1 is 1.18 bits per heavy atom. The van der Waals surface area contributed by atoms with Gasteiger partial charge in [-0.15, -0.1) is 0 Å². The van der Waals surface area contributed by atoms with Crippen LogP contribution in [0.1, 0.15) is 18.2 Å². The number of hydrogen-bond donors (Lipinski definition) is 2. The van der Waals surface area contributed by atoms with Crippen molar-refractivity contribution >= 4 is 5.69 Å². The summed E-state index contributed by atoms with van der Waals surface area (Å²) >= 11 is 0. The average molecular weight is 230 g/mol. The van der Waals surface area contributed by atoms with Gasteiger partial charge in [0.2, 0.25) is 0 Å². The topological polar surface area (TPSA) is 65.2 Å². The van der Waals surface area contributed by atoms with Gasteiger partial charge in [-0.2, -0.15) is 0 Å². The molecule has 0 saturated heterocycles. The first kappa shape index (κ1) is 11.7. The Bertz CT molecular complexity index is 479. The highest BCUT2D eigenvalue weighted by Gasteiger charge is 2.28. The normalized spacial score (nSPS) is 14.5. The second-order valence-corrected chi connectivity index (χ2v) is 4.61. The first-order chi connectivity index (χ1) is 8.15. The second-order valence-electron chi connectivity index (χ2n) is 4.61. The van der Waals surface area contributed by atoms with Crippen LogP contribution in [0.25, 0.3) is 0 Å². The van der Waals surface area contributed by atoms with Crippen molar-refractivity contribution in [3.63, 3.8) is 0 Å². The Labute approximate surface area is 101 Å². The third kappa shape index (κ3) is 2.34. The van der Waals surface area contributed by atoms with Crippen molar-refractivity contribution < 1.29 is 4.42 Å². The van der Waals surface area contributed by atoms with Crippen molar-refractivity contribution in [3.05, 3.63) is 54.0 Å². The Kier molecular flexibility index (Phi) is 3.20. The molecule has 17 heavy (non-hydrogen) atoms. The third-order valence-electron chi connectivity index (χ3n) is 3.21. The summed E-state index contributed by atoms with van der Waals surface area (Å²) in [4.78, 5) is 0. The predicted octanol–water partition coefficient (Wildman–Crippen LogP) is 2.32. The molecule has 0 aliphatic carbocycles. The summed E-state index contributed by atoms with van der Waals surface area (Å²) in [6, 6.07) is 11.7. The molecule has 90 valence electrons. The molecule has 0 aliphatic rings. The van der Waals surface area contributed by atoms with Crippen LogP contribution in [0.3, 0.4) is 0 Å². The minimum Gasteiger partial charge on any atom is -0.469 e. The van der Waals surface area contributed by atoms with Gasteiger partial charge in [0.1, 0.15) is 5.76 Å². The van der Waals surface area contributed by atoms with Crippen molar-refractivity contribution in [2.45, 2.75) is 18.8 Å². The van der Waals surface area contributed by atoms with Crippen molar-refractivity contribution in [2.24, 2.45) is 5.73 Å². The van der Waals surface area contributed by atoms with Crippen molar-refractivity contribution in [1.82, 2.24) is 0 Å². The Balaban J connectivity index is 2.34. The van der Waals surface area contributed by atoms with E-state index in [0.29, 0.717) is 6.54 Å². The van der Waals surface area contributed by atoms with Gasteiger partial charge in [-0.25, -0.2) is 0 Å². The molecule has 0 amide bonds. The van der Waals surface area contributed by atoms with Crippen LogP contribution in [-0.2, 0) is 11.8 Å². The first-order valence-electron chi connectivity index (χ1n) is 5.73. The smallest absolute Gasteiger partial charge is 0.104 e. The van der Waals surface area contributed by atoms with Gasteiger partial charge >= 0.3 is 0 Å². The summed E-state index contributed by atoms with van der Waals surface area (Å²) in [5.41, 5.74) is 13.6. The standard InChI is InChI=1S/C14H18N2O/c1-14(10-15,9-11-5-4-8-17-11)12-6-2-3-7-13(12)16/h2-8H,9-10,15-16H2,1H3. The lowest BCUT2D eigenvalue weighted by molar-refractivity contribution is 0.413. The first-order valence-corrected chi connectivity index (χ1v) is 5.73. The molecule has 2 aromatic rings. The Morgan fingerprint density at radius 3 is 2.53 bits per heavy atom. The maximum absolute atomic E-state index is 6.03. The van der Waals surface area contributed by atoms with Crippen LogP contribution in [-0.4, -0.2) is 6.54 Å². The van der Waals surface area contributed by atoms with E-state index in [1.165, 1.54) is 0 Å². The molecule has 0 spiro atoms. The molecule has 0 fully saturated rings. The Hall–Kier alpha value is -1.74. The fourth-order valence-electron chi connectivity index (χ4n) is 2.12. The van der Waals surface area contributed by atoms with Crippen LogP contribution in [0.2, 0.25) is 0 Å². The van der Waals surface area contributed by atoms with Gasteiger partial charge in [-0.05, 0) is 23.8 Å². The molecule has 2 rings (SSSR count). The average Bonchev–Trinajstić information content (AvgIpc) is 2.82. The number of benzene rings is 1. The molecule has 0 saturated carbocycles. The molecular weight excluding hydrogens is 212 g/mol. The van der Waals surface area contributed by atoms with Gasteiger partial charge in [0, 0.05) is 24.1 Å². The van der Waals surface area contributed by atoms with E-state index in [1.807, 2.05) is 36.4 Å². The molecule has 0 bridgehead atoms. The number of nitrogens with two attached hydrogens (primary N) is 2. The maximum Gasteiger partial charge on any atom is 0.104 e. The zero-order chi connectivity index (χ0) is 12.3. The molecule has 3 nitrogen and oxygen atoms in total. The van der Waals surface area contributed by atoms with Gasteiger partial charge in [-0.3, -0.25) is 0 Å². The summed E-state index contributed by atoms with van der Waals surface area (Å²) in [6.45, 7) is 2.64. The van der Waals surface area contributed by atoms with Crippen LogP contribution in [0.15, 0.2) is 47.1 Å². The van der Waals surface area contributed by atoms with E-state index >= 15 is 0 Å². The van der Waals surface area contributed by atoms with E-state index < -0.39 is 0 Å². The summed E-state index contributed by atoms with van der Waals surface area (Å²) < 4.78 is 5.40. The molecule has 1 aromatic carbocycles. The zero-order valence-corrected chi connectivity index (χ0v) is 10.0. The molecular formula is C14H18N2O. The zero-order valence-electron chi connectivity index (χ0n) is 10.0. The SMILES string of the molecule is CC(CN)(Cc1ccco1)c1ccccc1N. The monoisotopic (exact) mass is 230 g/mol. The number of rotatable bonds is 4. The van der Waals surface area contributed by atoms with Crippen molar-refractivity contribution in [1.29, 1.82) is 0 Å². The number of nitrogen functional groups attached to an aromatic ring is 1. The van der Waals surface area contributed by atoms with Gasteiger partial charge in [-0.1, -0.05) is 25.1 Å². The molecule has 1 aromatic heterocycles. The predicted molar refractivity (Wildman–Crippen MR) is 69.7 cm³/mol. The van der Waals surface area contributed by atoms with Gasteiger partial charge in [0.25, 0.3) is 0 Å². The van der Waals surface area contributed by atoms with E-state index in [1.54, 1.807) is 6.26 Å². The molecule has 1 heterocycles. The highest BCUT2D eigenvalue weighted by atomic mass is 16.3. The number of anilines is 1. The minimum absolute atomic E-state index is 0.191. The summed E-state index contributed by atoms with van der Waals surface area (Å²) in [5.74, 6) is 0.932. The molecule has 1 atom stereocenters. The van der Waals surface area contributed by atoms with Crippen LogP contribution >= 0.6 is 0 Å². The number of furan rings is 1. The maximum atomic E-state index is 6.03. The molecule has 4 N–H and O–H groups in total. The summed E-state index contributed by atoms with van der Waals surface area (Å²) in [5, 5.41) is 0. The lowest BCUT2D eigenvalue weighted by Crippen LogP contribution is -2.34. The van der Waals surface area contributed by atoms with E-state index in [-0.39, 0.29) is 5.41 Å². The van der Waals surface area contributed by atoms with Gasteiger partial charge in [0.05, 0.1) is 6.26 Å². The van der Waals surface area contributed by atoms with E-state index in [0.717, 1.165) is 23.4 Å². The quantitative estimate of drug-likeness (QED) is 0.792.